The Balaban J connectivity index is 1.66. The number of carbonyl (C=O) groups is 1. The van der Waals surface area contributed by atoms with E-state index in [-0.39, 0.29) is 0 Å². The number of carboxylic acids is 1. The standard InChI is InChI=1S/C12H14N4O2S2/c17-11(18)10-6-5-9(20-10)7-19-12-13-14-15-16(12)8-3-1-2-4-8/h5-6,8H,1-4,7H2,(H,17,18). The molecule has 20 heavy (non-hydrogen) atoms. The Morgan fingerprint density at radius 3 is 2.95 bits per heavy atom. The zero-order valence-corrected chi connectivity index (χ0v) is 12.4. The third-order valence-corrected chi connectivity index (χ3v) is 5.59. The highest BCUT2D eigenvalue weighted by molar-refractivity contribution is 7.98. The molecule has 0 unspecified atom stereocenters. The van der Waals surface area contributed by atoms with E-state index in [1.807, 2.05) is 10.7 Å². The van der Waals surface area contributed by atoms with Gasteiger partial charge in [-0.2, -0.15) is 0 Å². The number of hydrogen-bond acceptors (Lipinski definition) is 6. The Morgan fingerprint density at radius 2 is 2.25 bits per heavy atom. The van der Waals surface area contributed by atoms with Crippen LogP contribution >= 0.6 is 23.1 Å². The predicted octanol–water partition coefficient (Wildman–Crippen LogP) is 2.84. The van der Waals surface area contributed by atoms with Crippen molar-refractivity contribution in [3.63, 3.8) is 0 Å². The molecule has 0 spiro atoms. The number of rotatable bonds is 5. The molecule has 2 aromatic heterocycles. The van der Waals surface area contributed by atoms with Crippen molar-refractivity contribution >= 4 is 29.1 Å². The molecule has 1 fully saturated rings. The van der Waals surface area contributed by atoms with E-state index in [4.69, 9.17) is 5.11 Å². The first-order valence-corrected chi connectivity index (χ1v) is 8.27. The second-order valence-corrected chi connectivity index (χ2v) is 6.81. The summed E-state index contributed by atoms with van der Waals surface area (Å²) in [6, 6.07) is 3.92. The van der Waals surface area contributed by atoms with Crippen LogP contribution in [0.15, 0.2) is 17.3 Å². The van der Waals surface area contributed by atoms with Gasteiger partial charge >= 0.3 is 5.97 Å². The zero-order valence-electron chi connectivity index (χ0n) is 10.7. The third-order valence-electron chi connectivity index (χ3n) is 3.35. The molecule has 1 aliphatic carbocycles. The maximum absolute atomic E-state index is 10.8. The molecule has 2 heterocycles. The van der Waals surface area contributed by atoms with Gasteiger partial charge in [0.2, 0.25) is 5.16 Å². The molecule has 0 aliphatic heterocycles. The van der Waals surface area contributed by atoms with E-state index in [9.17, 15) is 4.79 Å². The van der Waals surface area contributed by atoms with Crippen LogP contribution in [0.4, 0.5) is 0 Å². The van der Waals surface area contributed by atoms with E-state index in [0.29, 0.717) is 16.7 Å². The van der Waals surface area contributed by atoms with Gasteiger partial charge in [-0.1, -0.05) is 24.6 Å². The van der Waals surface area contributed by atoms with Crippen LogP contribution in [0.25, 0.3) is 0 Å². The maximum atomic E-state index is 10.8. The monoisotopic (exact) mass is 310 g/mol. The van der Waals surface area contributed by atoms with Gasteiger partial charge in [0.1, 0.15) is 4.88 Å². The van der Waals surface area contributed by atoms with E-state index in [0.717, 1.165) is 22.9 Å². The summed E-state index contributed by atoms with van der Waals surface area (Å²) in [5, 5.41) is 21.6. The summed E-state index contributed by atoms with van der Waals surface area (Å²) in [5.41, 5.74) is 0. The second-order valence-electron chi connectivity index (χ2n) is 4.70. The predicted molar refractivity (Wildman–Crippen MR) is 76.2 cm³/mol. The highest BCUT2D eigenvalue weighted by atomic mass is 32.2. The molecule has 0 radical (unpaired) electrons. The van der Waals surface area contributed by atoms with Crippen molar-refractivity contribution in [1.29, 1.82) is 0 Å². The van der Waals surface area contributed by atoms with Crippen molar-refractivity contribution in [3.8, 4) is 0 Å². The number of aromatic nitrogens is 4. The summed E-state index contributed by atoms with van der Waals surface area (Å²) in [6.45, 7) is 0. The molecule has 0 saturated heterocycles. The van der Waals surface area contributed by atoms with Crippen molar-refractivity contribution < 1.29 is 9.90 Å². The van der Waals surface area contributed by atoms with E-state index >= 15 is 0 Å². The van der Waals surface area contributed by atoms with Gasteiger partial charge in [0.25, 0.3) is 0 Å². The van der Waals surface area contributed by atoms with Gasteiger partial charge in [-0.05, 0) is 35.4 Å². The molecule has 8 heteroatoms. The maximum Gasteiger partial charge on any atom is 0.345 e. The van der Waals surface area contributed by atoms with E-state index in [2.05, 4.69) is 15.5 Å². The molecule has 106 valence electrons. The lowest BCUT2D eigenvalue weighted by Crippen LogP contribution is -2.08. The van der Waals surface area contributed by atoms with Crippen LogP contribution in [-0.4, -0.2) is 31.3 Å². The van der Waals surface area contributed by atoms with Gasteiger partial charge in [-0.3, -0.25) is 0 Å². The van der Waals surface area contributed by atoms with Gasteiger partial charge in [-0.25, -0.2) is 9.48 Å². The van der Waals surface area contributed by atoms with Gasteiger partial charge in [-0.15, -0.1) is 16.4 Å². The van der Waals surface area contributed by atoms with Crippen LogP contribution in [0.3, 0.4) is 0 Å². The van der Waals surface area contributed by atoms with Gasteiger partial charge in [0, 0.05) is 10.6 Å². The molecule has 2 aromatic rings. The average Bonchev–Trinajstić information content (AvgIpc) is 3.17. The summed E-state index contributed by atoms with van der Waals surface area (Å²) in [4.78, 5) is 12.2. The van der Waals surface area contributed by atoms with Crippen LogP contribution in [-0.2, 0) is 5.75 Å². The first-order chi connectivity index (χ1) is 9.74. The highest BCUT2D eigenvalue weighted by Gasteiger charge is 2.21. The number of thioether (sulfide) groups is 1. The fourth-order valence-corrected chi connectivity index (χ4v) is 4.20. The third kappa shape index (κ3) is 2.85. The zero-order chi connectivity index (χ0) is 13.9. The normalized spacial score (nSPS) is 15.8. The Hall–Kier alpha value is -1.41. The van der Waals surface area contributed by atoms with E-state index in [1.165, 1.54) is 24.2 Å². The Bertz CT molecular complexity index is 604. The summed E-state index contributed by atoms with van der Waals surface area (Å²) < 4.78 is 1.92. The minimum absolute atomic E-state index is 0.371. The fourth-order valence-electron chi connectivity index (χ4n) is 2.36. The van der Waals surface area contributed by atoms with Crippen molar-refractivity contribution in [1.82, 2.24) is 20.2 Å². The Kier molecular flexibility index (Phi) is 4.02. The Morgan fingerprint density at radius 1 is 1.45 bits per heavy atom. The van der Waals surface area contributed by atoms with Crippen molar-refractivity contribution in [3.05, 3.63) is 21.9 Å². The topological polar surface area (TPSA) is 80.9 Å². The summed E-state index contributed by atoms with van der Waals surface area (Å²) in [7, 11) is 0. The van der Waals surface area contributed by atoms with Crippen LogP contribution in [0.2, 0.25) is 0 Å². The summed E-state index contributed by atoms with van der Waals surface area (Å²) in [6.07, 6.45) is 4.75. The SMILES string of the molecule is O=C(O)c1ccc(CSc2nnnn2C2CCCC2)s1. The van der Waals surface area contributed by atoms with Gasteiger partial charge in [0.15, 0.2) is 0 Å². The largest absolute Gasteiger partial charge is 0.477 e. The molecule has 0 bridgehead atoms. The Labute approximate surface area is 124 Å². The van der Waals surface area contributed by atoms with Crippen molar-refractivity contribution in [2.45, 2.75) is 42.6 Å². The molecular formula is C12H14N4O2S2. The molecular weight excluding hydrogens is 296 g/mol. The van der Waals surface area contributed by atoms with Gasteiger partial charge < -0.3 is 5.11 Å². The number of thiophene rings is 1. The van der Waals surface area contributed by atoms with Crippen LogP contribution < -0.4 is 0 Å². The van der Waals surface area contributed by atoms with E-state index < -0.39 is 5.97 Å². The molecule has 1 saturated carbocycles. The van der Waals surface area contributed by atoms with E-state index in [1.54, 1.807) is 17.8 Å². The molecule has 1 aliphatic rings. The quantitative estimate of drug-likeness (QED) is 0.855. The average molecular weight is 310 g/mol. The lowest BCUT2D eigenvalue weighted by Gasteiger charge is -2.10. The van der Waals surface area contributed by atoms with Crippen LogP contribution in [0.1, 0.15) is 46.3 Å². The fraction of sp³-hybridized carbons (Fsp3) is 0.500. The smallest absolute Gasteiger partial charge is 0.345 e. The number of hydrogen-bond donors (Lipinski definition) is 1. The highest BCUT2D eigenvalue weighted by Crippen LogP contribution is 2.32. The molecule has 1 N–H and O–H groups in total. The first-order valence-electron chi connectivity index (χ1n) is 6.46. The molecule has 0 atom stereocenters. The first kappa shape index (κ1) is 13.6. The second kappa shape index (κ2) is 5.92. The molecule has 0 amide bonds. The molecule has 6 nitrogen and oxygen atoms in total. The lowest BCUT2D eigenvalue weighted by molar-refractivity contribution is 0.0702. The summed E-state index contributed by atoms with van der Waals surface area (Å²) >= 11 is 2.87. The minimum Gasteiger partial charge on any atom is -0.477 e. The number of tetrazole rings is 1. The molecule has 0 aromatic carbocycles. The lowest BCUT2D eigenvalue weighted by atomic mass is 10.3. The minimum atomic E-state index is -0.873. The van der Waals surface area contributed by atoms with Crippen molar-refractivity contribution in [2.24, 2.45) is 0 Å². The molecule has 3 rings (SSSR count). The van der Waals surface area contributed by atoms with Crippen molar-refractivity contribution in [2.75, 3.05) is 0 Å². The summed E-state index contributed by atoms with van der Waals surface area (Å²) in [5.74, 6) is -0.174. The van der Waals surface area contributed by atoms with Gasteiger partial charge in [0.05, 0.1) is 6.04 Å². The number of nitrogens with zero attached hydrogens (tertiary/aromatic N) is 4. The number of carboxylic acid groups (broad SMARTS) is 1. The number of aromatic carboxylic acids is 1. The van der Waals surface area contributed by atoms with Crippen LogP contribution in [0, 0.1) is 0 Å². The van der Waals surface area contributed by atoms with Crippen LogP contribution in [0.5, 0.6) is 0 Å².